The molecule has 0 radical (unpaired) electrons. The van der Waals surface area contributed by atoms with Crippen molar-refractivity contribution in [2.75, 3.05) is 7.05 Å². The van der Waals surface area contributed by atoms with Gasteiger partial charge in [-0.2, -0.15) is 5.10 Å². The van der Waals surface area contributed by atoms with E-state index in [-0.39, 0.29) is 0 Å². The predicted octanol–water partition coefficient (Wildman–Crippen LogP) is 2.24. The zero-order valence-electron chi connectivity index (χ0n) is 10.4. The molecule has 0 aliphatic carbocycles. The first-order valence-electron chi connectivity index (χ1n) is 5.71. The van der Waals surface area contributed by atoms with E-state index < -0.39 is 11.6 Å². The largest absolute Gasteiger partial charge is 0.316 e. The molecule has 5 heteroatoms. The molecule has 0 amide bonds. The monoisotopic (exact) mass is 251 g/mol. The molecule has 96 valence electrons. The van der Waals surface area contributed by atoms with Crippen molar-refractivity contribution in [3.05, 3.63) is 52.9 Å². The normalized spacial score (nSPS) is 10.9. The summed E-state index contributed by atoms with van der Waals surface area (Å²) in [7, 11) is 1.87. The maximum atomic E-state index is 13.1. The summed E-state index contributed by atoms with van der Waals surface area (Å²) in [6, 6.07) is 3.91. The number of aromatic nitrogens is 2. The van der Waals surface area contributed by atoms with Gasteiger partial charge in [-0.05, 0) is 31.7 Å². The molecule has 0 saturated carbocycles. The van der Waals surface area contributed by atoms with Gasteiger partial charge in [0, 0.05) is 17.8 Å². The Kier molecular flexibility index (Phi) is 3.72. The molecule has 0 bridgehead atoms. The van der Waals surface area contributed by atoms with E-state index in [9.17, 15) is 8.78 Å². The van der Waals surface area contributed by atoms with Crippen molar-refractivity contribution in [2.45, 2.75) is 20.0 Å². The highest BCUT2D eigenvalue weighted by molar-refractivity contribution is 5.21. The number of hydrogen-bond donors (Lipinski definition) is 1. The van der Waals surface area contributed by atoms with E-state index in [4.69, 9.17) is 0 Å². The van der Waals surface area contributed by atoms with Crippen LogP contribution in [0.5, 0.6) is 0 Å². The van der Waals surface area contributed by atoms with E-state index in [0.29, 0.717) is 12.1 Å². The van der Waals surface area contributed by atoms with Crippen LogP contribution in [0.4, 0.5) is 8.78 Å². The molecular weight excluding hydrogens is 236 g/mol. The lowest BCUT2D eigenvalue weighted by Gasteiger charge is -2.06. The van der Waals surface area contributed by atoms with Crippen LogP contribution in [0.3, 0.4) is 0 Å². The zero-order chi connectivity index (χ0) is 13.1. The van der Waals surface area contributed by atoms with Crippen LogP contribution >= 0.6 is 0 Å². The van der Waals surface area contributed by atoms with Crippen LogP contribution in [0.25, 0.3) is 0 Å². The van der Waals surface area contributed by atoms with Gasteiger partial charge in [-0.3, -0.25) is 4.68 Å². The summed E-state index contributed by atoms with van der Waals surface area (Å²) in [5, 5.41) is 7.30. The third-order valence-electron chi connectivity index (χ3n) is 2.89. The van der Waals surface area contributed by atoms with Gasteiger partial charge in [-0.25, -0.2) is 8.78 Å². The fourth-order valence-electron chi connectivity index (χ4n) is 1.82. The van der Waals surface area contributed by atoms with Crippen molar-refractivity contribution in [3.8, 4) is 0 Å². The standard InChI is InChI=1S/C13H15F2N3/c1-9-11(6-16-2)7-17-18(9)8-10-3-4-12(14)13(15)5-10/h3-5,7,16H,6,8H2,1-2H3. The van der Waals surface area contributed by atoms with E-state index in [1.54, 1.807) is 16.9 Å². The van der Waals surface area contributed by atoms with Crippen LogP contribution in [0.2, 0.25) is 0 Å². The first-order chi connectivity index (χ1) is 8.61. The molecule has 1 aromatic heterocycles. The van der Waals surface area contributed by atoms with Crippen LogP contribution in [-0.4, -0.2) is 16.8 Å². The Morgan fingerprint density at radius 3 is 2.72 bits per heavy atom. The molecular formula is C13H15F2N3. The first-order valence-corrected chi connectivity index (χ1v) is 5.71. The summed E-state index contributed by atoms with van der Waals surface area (Å²) in [6.07, 6.45) is 1.78. The summed E-state index contributed by atoms with van der Waals surface area (Å²) in [5.41, 5.74) is 2.81. The molecule has 0 unspecified atom stereocenters. The van der Waals surface area contributed by atoms with Crippen LogP contribution in [-0.2, 0) is 13.1 Å². The van der Waals surface area contributed by atoms with Crippen LogP contribution < -0.4 is 5.32 Å². The van der Waals surface area contributed by atoms with Gasteiger partial charge in [-0.1, -0.05) is 6.07 Å². The minimum atomic E-state index is -0.827. The van der Waals surface area contributed by atoms with Crippen molar-refractivity contribution >= 4 is 0 Å². The van der Waals surface area contributed by atoms with Crippen molar-refractivity contribution < 1.29 is 8.78 Å². The smallest absolute Gasteiger partial charge is 0.159 e. The fraction of sp³-hybridized carbons (Fsp3) is 0.308. The lowest BCUT2D eigenvalue weighted by Crippen LogP contribution is -2.08. The lowest BCUT2D eigenvalue weighted by molar-refractivity contribution is 0.505. The molecule has 2 rings (SSSR count). The predicted molar refractivity (Wildman–Crippen MR) is 65.2 cm³/mol. The summed E-state index contributed by atoms with van der Waals surface area (Å²) in [4.78, 5) is 0. The van der Waals surface area contributed by atoms with Gasteiger partial charge in [-0.15, -0.1) is 0 Å². The van der Waals surface area contributed by atoms with E-state index >= 15 is 0 Å². The average molecular weight is 251 g/mol. The molecule has 0 fully saturated rings. The van der Waals surface area contributed by atoms with Crippen LogP contribution in [0.15, 0.2) is 24.4 Å². The SMILES string of the molecule is CNCc1cnn(Cc2ccc(F)c(F)c2)c1C. The molecule has 1 N–H and O–H groups in total. The third kappa shape index (κ3) is 2.56. The molecule has 0 aliphatic rings. The minimum Gasteiger partial charge on any atom is -0.316 e. The Morgan fingerprint density at radius 1 is 1.28 bits per heavy atom. The highest BCUT2D eigenvalue weighted by atomic mass is 19.2. The lowest BCUT2D eigenvalue weighted by atomic mass is 10.2. The van der Waals surface area contributed by atoms with Gasteiger partial charge in [0.1, 0.15) is 0 Å². The molecule has 18 heavy (non-hydrogen) atoms. The third-order valence-corrected chi connectivity index (χ3v) is 2.89. The Balaban J connectivity index is 2.20. The number of hydrogen-bond acceptors (Lipinski definition) is 2. The Hall–Kier alpha value is -1.75. The number of rotatable bonds is 4. The number of benzene rings is 1. The molecule has 2 aromatic rings. The second-order valence-electron chi connectivity index (χ2n) is 4.19. The number of halogens is 2. The van der Waals surface area contributed by atoms with Crippen molar-refractivity contribution in [1.82, 2.24) is 15.1 Å². The summed E-state index contributed by atoms with van der Waals surface area (Å²) in [6.45, 7) is 3.13. The average Bonchev–Trinajstić information content (AvgIpc) is 2.67. The zero-order valence-corrected chi connectivity index (χ0v) is 10.4. The van der Waals surface area contributed by atoms with E-state index in [1.165, 1.54) is 6.07 Å². The minimum absolute atomic E-state index is 0.437. The van der Waals surface area contributed by atoms with Crippen molar-refractivity contribution in [2.24, 2.45) is 0 Å². The number of nitrogens with zero attached hydrogens (tertiary/aromatic N) is 2. The molecule has 0 aliphatic heterocycles. The maximum absolute atomic E-state index is 13.1. The topological polar surface area (TPSA) is 29.9 Å². The van der Waals surface area contributed by atoms with Crippen LogP contribution in [0, 0.1) is 18.6 Å². The van der Waals surface area contributed by atoms with Gasteiger partial charge in [0.25, 0.3) is 0 Å². The van der Waals surface area contributed by atoms with Gasteiger partial charge in [0.05, 0.1) is 12.7 Å². The van der Waals surface area contributed by atoms with Crippen molar-refractivity contribution in [1.29, 1.82) is 0 Å². The van der Waals surface area contributed by atoms with Gasteiger partial charge >= 0.3 is 0 Å². The van der Waals surface area contributed by atoms with Crippen LogP contribution in [0.1, 0.15) is 16.8 Å². The highest BCUT2D eigenvalue weighted by Gasteiger charge is 2.08. The van der Waals surface area contributed by atoms with Crippen molar-refractivity contribution in [3.63, 3.8) is 0 Å². The maximum Gasteiger partial charge on any atom is 0.159 e. The second-order valence-corrected chi connectivity index (χ2v) is 4.19. The second kappa shape index (κ2) is 5.27. The molecule has 0 spiro atoms. The molecule has 0 saturated heterocycles. The summed E-state index contributed by atoms with van der Waals surface area (Å²) in [5.74, 6) is -1.65. The highest BCUT2D eigenvalue weighted by Crippen LogP contribution is 2.13. The van der Waals surface area contributed by atoms with E-state index in [0.717, 1.165) is 23.9 Å². The first kappa shape index (κ1) is 12.7. The molecule has 1 aromatic carbocycles. The summed E-state index contributed by atoms with van der Waals surface area (Å²) < 4.78 is 27.7. The van der Waals surface area contributed by atoms with Gasteiger partial charge in [0.2, 0.25) is 0 Å². The Bertz CT molecular complexity index is 549. The quantitative estimate of drug-likeness (QED) is 0.903. The fourth-order valence-corrected chi connectivity index (χ4v) is 1.82. The summed E-state index contributed by atoms with van der Waals surface area (Å²) >= 11 is 0. The van der Waals surface area contributed by atoms with Gasteiger partial charge < -0.3 is 5.32 Å². The Morgan fingerprint density at radius 2 is 2.06 bits per heavy atom. The van der Waals surface area contributed by atoms with E-state index in [2.05, 4.69) is 10.4 Å². The van der Waals surface area contributed by atoms with E-state index in [1.807, 2.05) is 14.0 Å². The molecule has 1 heterocycles. The Labute approximate surface area is 104 Å². The molecule has 3 nitrogen and oxygen atoms in total. The number of nitrogens with one attached hydrogen (secondary N) is 1. The van der Waals surface area contributed by atoms with Gasteiger partial charge in [0.15, 0.2) is 11.6 Å². The molecule has 0 atom stereocenters.